The minimum atomic E-state index is -4.14. The monoisotopic (exact) mass is 255 g/mol. The van der Waals surface area contributed by atoms with Crippen LogP contribution in [0.4, 0.5) is 23.2 Å². The van der Waals surface area contributed by atoms with Crippen molar-refractivity contribution in [3.8, 4) is 0 Å². The number of anilines is 1. The van der Waals surface area contributed by atoms with Crippen molar-refractivity contribution in [3.63, 3.8) is 0 Å². The molecule has 1 rings (SSSR count). The number of alkyl halides is 3. The molecule has 0 unspecified atom stereocenters. The predicted octanol–water partition coefficient (Wildman–Crippen LogP) is 4.23. The highest BCUT2D eigenvalue weighted by atomic mass is 35.5. The van der Waals surface area contributed by atoms with Crippen LogP contribution in [0.2, 0.25) is 5.02 Å². The van der Waals surface area contributed by atoms with Crippen LogP contribution in [0, 0.1) is 5.82 Å². The summed E-state index contributed by atoms with van der Waals surface area (Å²) in [6.45, 7) is 0.168. The molecule has 0 aliphatic carbocycles. The van der Waals surface area contributed by atoms with Gasteiger partial charge in [0.2, 0.25) is 0 Å². The second-order valence-corrected chi connectivity index (χ2v) is 3.68. The molecular weight excluding hydrogens is 246 g/mol. The molecule has 16 heavy (non-hydrogen) atoms. The van der Waals surface area contributed by atoms with Crippen LogP contribution in [0.3, 0.4) is 0 Å². The van der Waals surface area contributed by atoms with Gasteiger partial charge in [-0.3, -0.25) is 0 Å². The summed E-state index contributed by atoms with van der Waals surface area (Å²) in [6.07, 6.45) is -5.00. The molecule has 1 aromatic rings. The van der Waals surface area contributed by atoms with Gasteiger partial charge in [0, 0.05) is 18.7 Å². The van der Waals surface area contributed by atoms with Gasteiger partial charge in [-0.1, -0.05) is 11.6 Å². The fourth-order valence-corrected chi connectivity index (χ4v) is 1.31. The van der Waals surface area contributed by atoms with Crippen LogP contribution in [0.15, 0.2) is 18.2 Å². The normalized spacial score (nSPS) is 11.6. The van der Waals surface area contributed by atoms with Crippen LogP contribution in [-0.4, -0.2) is 12.7 Å². The molecule has 0 spiro atoms. The van der Waals surface area contributed by atoms with Crippen LogP contribution >= 0.6 is 11.6 Å². The lowest BCUT2D eigenvalue weighted by Gasteiger charge is -2.08. The first kappa shape index (κ1) is 13.1. The van der Waals surface area contributed by atoms with Crippen molar-refractivity contribution in [1.82, 2.24) is 0 Å². The Balaban J connectivity index is 2.35. The predicted molar refractivity (Wildman–Crippen MR) is 55.2 cm³/mol. The Kier molecular flexibility index (Phi) is 4.41. The maximum atomic E-state index is 12.7. The maximum absolute atomic E-state index is 12.7. The summed E-state index contributed by atoms with van der Waals surface area (Å²) >= 11 is 5.50. The molecule has 0 fully saturated rings. The van der Waals surface area contributed by atoms with Crippen LogP contribution < -0.4 is 5.32 Å². The number of rotatable bonds is 4. The summed E-state index contributed by atoms with van der Waals surface area (Å²) in [7, 11) is 0. The van der Waals surface area contributed by atoms with Gasteiger partial charge >= 0.3 is 6.18 Å². The summed E-state index contributed by atoms with van der Waals surface area (Å²) in [5.41, 5.74) is 0.508. The third-order valence-electron chi connectivity index (χ3n) is 1.89. The van der Waals surface area contributed by atoms with Crippen molar-refractivity contribution in [3.05, 3.63) is 29.0 Å². The summed E-state index contributed by atoms with van der Waals surface area (Å²) < 4.78 is 48.1. The standard InChI is InChI=1S/C10H10ClF4N/c11-8-6-7(2-3-9(8)12)16-5-1-4-10(13,14)15/h2-3,6,16H,1,4-5H2. The average molecular weight is 256 g/mol. The lowest BCUT2D eigenvalue weighted by Crippen LogP contribution is -2.10. The maximum Gasteiger partial charge on any atom is 0.389 e. The van der Waals surface area contributed by atoms with E-state index in [4.69, 9.17) is 11.6 Å². The van der Waals surface area contributed by atoms with Crippen LogP contribution in [0.5, 0.6) is 0 Å². The highest BCUT2D eigenvalue weighted by molar-refractivity contribution is 6.31. The number of hydrogen-bond donors (Lipinski definition) is 1. The molecule has 0 aliphatic rings. The molecule has 0 saturated heterocycles. The number of hydrogen-bond acceptors (Lipinski definition) is 1. The van der Waals surface area contributed by atoms with Crippen LogP contribution in [0.25, 0.3) is 0 Å². The van der Waals surface area contributed by atoms with Crippen molar-refractivity contribution in [2.45, 2.75) is 19.0 Å². The van der Waals surface area contributed by atoms with Crippen molar-refractivity contribution >= 4 is 17.3 Å². The van der Waals surface area contributed by atoms with Gasteiger partial charge in [-0.25, -0.2) is 4.39 Å². The molecule has 0 amide bonds. The quantitative estimate of drug-likeness (QED) is 0.627. The van der Waals surface area contributed by atoms with Gasteiger partial charge < -0.3 is 5.32 Å². The highest BCUT2D eigenvalue weighted by Crippen LogP contribution is 2.22. The van der Waals surface area contributed by atoms with Crippen molar-refractivity contribution in [2.24, 2.45) is 0 Å². The average Bonchev–Trinajstić information content (AvgIpc) is 2.17. The van der Waals surface area contributed by atoms with E-state index in [0.29, 0.717) is 5.69 Å². The second kappa shape index (κ2) is 5.39. The van der Waals surface area contributed by atoms with Crippen molar-refractivity contribution < 1.29 is 17.6 Å². The van der Waals surface area contributed by atoms with E-state index in [-0.39, 0.29) is 18.0 Å². The Bertz CT molecular complexity index is 351. The third kappa shape index (κ3) is 4.70. The van der Waals surface area contributed by atoms with Gasteiger partial charge in [-0.05, 0) is 24.6 Å². The number of halogens is 5. The smallest absolute Gasteiger partial charge is 0.385 e. The topological polar surface area (TPSA) is 12.0 Å². The summed E-state index contributed by atoms with van der Waals surface area (Å²) in [5.74, 6) is -0.553. The van der Waals surface area contributed by atoms with E-state index < -0.39 is 18.4 Å². The fraction of sp³-hybridized carbons (Fsp3) is 0.400. The molecule has 0 bridgehead atoms. The van der Waals surface area contributed by atoms with E-state index in [0.717, 1.165) is 6.07 Å². The lowest BCUT2D eigenvalue weighted by atomic mass is 10.2. The first-order chi connectivity index (χ1) is 7.38. The second-order valence-electron chi connectivity index (χ2n) is 3.27. The number of nitrogens with one attached hydrogen (secondary N) is 1. The third-order valence-corrected chi connectivity index (χ3v) is 2.18. The highest BCUT2D eigenvalue weighted by Gasteiger charge is 2.25. The van der Waals surface area contributed by atoms with Crippen molar-refractivity contribution in [1.29, 1.82) is 0 Å². The summed E-state index contributed by atoms with van der Waals surface area (Å²) in [4.78, 5) is 0. The Morgan fingerprint density at radius 1 is 1.25 bits per heavy atom. The zero-order valence-electron chi connectivity index (χ0n) is 8.24. The van der Waals surface area contributed by atoms with Gasteiger partial charge in [0.25, 0.3) is 0 Å². The van der Waals surface area contributed by atoms with Crippen LogP contribution in [0.1, 0.15) is 12.8 Å². The molecule has 90 valence electrons. The van der Waals surface area contributed by atoms with Crippen molar-refractivity contribution in [2.75, 3.05) is 11.9 Å². The number of benzene rings is 1. The van der Waals surface area contributed by atoms with Gasteiger partial charge in [-0.15, -0.1) is 0 Å². The van der Waals surface area contributed by atoms with E-state index in [1.807, 2.05) is 0 Å². The minimum Gasteiger partial charge on any atom is -0.385 e. The molecule has 1 aromatic carbocycles. The first-order valence-electron chi connectivity index (χ1n) is 4.64. The lowest BCUT2D eigenvalue weighted by molar-refractivity contribution is -0.134. The van der Waals surface area contributed by atoms with E-state index in [9.17, 15) is 17.6 Å². The van der Waals surface area contributed by atoms with Gasteiger partial charge in [0.15, 0.2) is 0 Å². The summed E-state index contributed by atoms with van der Waals surface area (Å²) in [6, 6.07) is 3.92. The van der Waals surface area contributed by atoms with E-state index in [1.165, 1.54) is 12.1 Å². The Morgan fingerprint density at radius 3 is 2.50 bits per heavy atom. The Labute approximate surface area is 95.4 Å². The molecule has 6 heteroatoms. The van der Waals surface area contributed by atoms with Gasteiger partial charge in [0.1, 0.15) is 5.82 Å². The SMILES string of the molecule is Fc1ccc(NCCCC(F)(F)F)cc1Cl. The van der Waals surface area contributed by atoms with Crippen LogP contribution in [-0.2, 0) is 0 Å². The zero-order valence-corrected chi connectivity index (χ0v) is 9.00. The minimum absolute atomic E-state index is 0.0293. The fourth-order valence-electron chi connectivity index (χ4n) is 1.13. The molecule has 0 aromatic heterocycles. The molecule has 1 N–H and O–H groups in total. The van der Waals surface area contributed by atoms with Gasteiger partial charge in [-0.2, -0.15) is 13.2 Å². The molecule has 0 radical (unpaired) electrons. The summed E-state index contributed by atoms with van der Waals surface area (Å²) in [5, 5.41) is 2.68. The van der Waals surface area contributed by atoms with E-state index in [1.54, 1.807) is 0 Å². The molecule has 0 heterocycles. The van der Waals surface area contributed by atoms with Gasteiger partial charge in [0.05, 0.1) is 5.02 Å². The molecule has 1 nitrogen and oxygen atoms in total. The van der Waals surface area contributed by atoms with E-state index >= 15 is 0 Å². The Morgan fingerprint density at radius 2 is 1.94 bits per heavy atom. The molecule has 0 aliphatic heterocycles. The Hall–Kier alpha value is -0.970. The largest absolute Gasteiger partial charge is 0.389 e. The molecule has 0 saturated carbocycles. The zero-order chi connectivity index (χ0) is 12.2. The van der Waals surface area contributed by atoms with E-state index in [2.05, 4.69) is 5.32 Å². The molecular formula is C10H10ClF4N. The first-order valence-corrected chi connectivity index (χ1v) is 5.02. The molecule has 0 atom stereocenters.